The molecule has 0 aromatic carbocycles. The summed E-state index contributed by atoms with van der Waals surface area (Å²) in [6, 6.07) is 1.81. The molecule has 4 heteroatoms. The van der Waals surface area contributed by atoms with E-state index in [1.165, 1.54) is 6.92 Å². The lowest BCUT2D eigenvalue weighted by Crippen LogP contribution is -1.99. The average molecular weight is 264 g/mol. The van der Waals surface area contributed by atoms with E-state index in [4.69, 9.17) is 0 Å². The van der Waals surface area contributed by atoms with Crippen LogP contribution in [0.3, 0.4) is 0 Å². The minimum absolute atomic E-state index is 0.0247. The van der Waals surface area contributed by atoms with E-state index in [1.54, 1.807) is 10.7 Å². The first-order valence-electron chi connectivity index (χ1n) is 3.26. The summed E-state index contributed by atoms with van der Waals surface area (Å²) in [5.74, 6) is 0.0247. The van der Waals surface area contributed by atoms with Gasteiger partial charge in [0, 0.05) is 12.6 Å². The zero-order chi connectivity index (χ0) is 8.43. The maximum absolute atomic E-state index is 10.8. The molecule has 0 aliphatic carbocycles. The number of carbonyl (C=O) groups is 1. The van der Waals surface area contributed by atoms with Crippen LogP contribution in [0.5, 0.6) is 0 Å². The van der Waals surface area contributed by atoms with Gasteiger partial charge >= 0.3 is 0 Å². The molecule has 0 spiro atoms. The van der Waals surface area contributed by atoms with Crippen LogP contribution in [0.1, 0.15) is 23.1 Å². The molecule has 0 radical (unpaired) electrons. The summed E-state index contributed by atoms with van der Waals surface area (Å²) in [7, 11) is 0. The molecule has 1 aromatic rings. The third-order valence-corrected chi connectivity index (χ3v) is 2.10. The molecule has 3 nitrogen and oxygen atoms in total. The SMILES string of the molecule is CC(=O)c1cc(C)n(CI)n1. The highest BCUT2D eigenvalue weighted by atomic mass is 127. The summed E-state index contributed by atoms with van der Waals surface area (Å²) < 4.78 is 2.59. The molecule has 0 fully saturated rings. The molecule has 0 amide bonds. The Bertz CT molecular complexity index is 280. The highest BCUT2D eigenvalue weighted by molar-refractivity contribution is 14.1. The van der Waals surface area contributed by atoms with E-state index in [9.17, 15) is 4.79 Å². The molecule has 60 valence electrons. The van der Waals surface area contributed by atoms with Crippen LogP contribution in [0.25, 0.3) is 0 Å². The Balaban J connectivity index is 3.05. The first-order valence-corrected chi connectivity index (χ1v) is 4.79. The van der Waals surface area contributed by atoms with E-state index >= 15 is 0 Å². The molecule has 0 N–H and O–H groups in total. The van der Waals surface area contributed by atoms with E-state index in [1.807, 2.05) is 6.92 Å². The van der Waals surface area contributed by atoms with E-state index in [0.29, 0.717) is 5.69 Å². The lowest BCUT2D eigenvalue weighted by atomic mass is 10.3. The lowest BCUT2D eigenvalue weighted by molar-refractivity contribution is 0.101. The molecule has 0 atom stereocenters. The average Bonchev–Trinajstić information content (AvgIpc) is 2.31. The van der Waals surface area contributed by atoms with Gasteiger partial charge in [-0.2, -0.15) is 5.10 Å². The molecule has 1 rings (SSSR count). The molecule has 0 unspecified atom stereocenters. The van der Waals surface area contributed by atoms with Crippen LogP contribution in [0, 0.1) is 6.92 Å². The minimum atomic E-state index is 0.0247. The number of ketones is 1. The zero-order valence-corrected chi connectivity index (χ0v) is 8.62. The highest BCUT2D eigenvalue weighted by Crippen LogP contribution is 2.05. The second-order valence-electron chi connectivity index (χ2n) is 2.35. The largest absolute Gasteiger partial charge is 0.293 e. The Morgan fingerprint density at radius 2 is 2.45 bits per heavy atom. The van der Waals surface area contributed by atoms with Crippen LogP contribution in [0.2, 0.25) is 0 Å². The third-order valence-electron chi connectivity index (χ3n) is 1.46. The van der Waals surface area contributed by atoms with Crippen molar-refractivity contribution in [1.29, 1.82) is 0 Å². The molecule has 0 bridgehead atoms. The summed E-state index contributed by atoms with van der Waals surface area (Å²) in [6.45, 7) is 3.47. The van der Waals surface area contributed by atoms with Crippen LogP contribution in [0.15, 0.2) is 6.07 Å². The van der Waals surface area contributed by atoms with Crippen molar-refractivity contribution in [3.05, 3.63) is 17.5 Å². The van der Waals surface area contributed by atoms with Gasteiger partial charge in [0.1, 0.15) is 5.69 Å². The quantitative estimate of drug-likeness (QED) is 0.463. The predicted octanol–water partition coefficient (Wildman–Crippen LogP) is 1.79. The molecule has 0 saturated heterocycles. The molecule has 1 aromatic heterocycles. The molecule has 0 aliphatic rings. The van der Waals surface area contributed by atoms with E-state index < -0.39 is 0 Å². The van der Waals surface area contributed by atoms with Crippen molar-refractivity contribution in [2.75, 3.05) is 0 Å². The number of hydrogen-bond donors (Lipinski definition) is 0. The molecular formula is C7H9IN2O. The van der Waals surface area contributed by atoms with E-state index in [-0.39, 0.29) is 5.78 Å². The fourth-order valence-electron chi connectivity index (χ4n) is 0.803. The zero-order valence-electron chi connectivity index (χ0n) is 6.47. The van der Waals surface area contributed by atoms with Crippen LogP contribution in [0.4, 0.5) is 0 Å². The van der Waals surface area contributed by atoms with Crippen molar-refractivity contribution in [3.63, 3.8) is 0 Å². The number of rotatable bonds is 2. The van der Waals surface area contributed by atoms with Crippen molar-refractivity contribution in [2.45, 2.75) is 18.4 Å². The van der Waals surface area contributed by atoms with Gasteiger partial charge < -0.3 is 0 Å². The lowest BCUT2D eigenvalue weighted by Gasteiger charge is -1.94. The maximum Gasteiger partial charge on any atom is 0.179 e. The van der Waals surface area contributed by atoms with E-state index in [2.05, 4.69) is 27.7 Å². The topological polar surface area (TPSA) is 34.9 Å². The van der Waals surface area contributed by atoms with Gasteiger partial charge in [-0.3, -0.25) is 9.48 Å². The van der Waals surface area contributed by atoms with Gasteiger partial charge in [-0.1, -0.05) is 22.6 Å². The van der Waals surface area contributed by atoms with Crippen LogP contribution in [-0.4, -0.2) is 15.6 Å². The van der Waals surface area contributed by atoms with Crippen molar-refractivity contribution in [3.8, 4) is 0 Å². The summed E-state index contributed by atoms with van der Waals surface area (Å²) in [5, 5.41) is 4.09. The Kier molecular flexibility index (Phi) is 2.64. The molecular weight excluding hydrogens is 255 g/mol. The summed E-state index contributed by atoms with van der Waals surface area (Å²) in [4.78, 5) is 10.8. The third kappa shape index (κ3) is 1.79. The number of nitrogens with zero attached hydrogens (tertiary/aromatic N) is 2. The summed E-state index contributed by atoms with van der Waals surface area (Å²) >= 11 is 2.20. The fraction of sp³-hybridized carbons (Fsp3) is 0.429. The van der Waals surface area contributed by atoms with Crippen molar-refractivity contribution >= 4 is 28.4 Å². The standard InChI is InChI=1S/C7H9IN2O/c1-5-3-7(6(2)11)9-10(5)4-8/h3H,4H2,1-2H3. The summed E-state index contributed by atoms with van der Waals surface area (Å²) in [6.07, 6.45) is 0. The minimum Gasteiger partial charge on any atom is -0.293 e. The summed E-state index contributed by atoms with van der Waals surface area (Å²) in [5.41, 5.74) is 1.59. The van der Waals surface area contributed by atoms with Gasteiger partial charge in [0.05, 0.1) is 4.55 Å². The second kappa shape index (κ2) is 3.34. The Labute approximate surface area is 78.9 Å². The maximum atomic E-state index is 10.8. The number of hydrogen-bond acceptors (Lipinski definition) is 2. The van der Waals surface area contributed by atoms with Crippen LogP contribution < -0.4 is 0 Å². The number of Topliss-reactive ketones (excluding diaryl/α,β-unsaturated/α-hetero) is 1. The fourth-order valence-corrected chi connectivity index (χ4v) is 1.49. The first-order chi connectivity index (χ1) is 5.15. The van der Waals surface area contributed by atoms with Crippen molar-refractivity contribution < 1.29 is 4.79 Å². The van der Waals surface area contributed by atoms with Gasteiger partial charge in [-0.25, -0.2) is 0 Å². The van der Waals surface area contributed by atoms with Crippen LogP contribution >= 0.6 is 22.6 Å². The van der Waals surface area contributed by atoms with Crippen molar-refractivity contribution in [1.82, 2.24) is 9.78 Å². The monoisotopic (exact) mass is 264 g/mol. The molecule has 11 heavy (non-hydrogen) atoms. The number of carbonyl (C=O) groups excluding carboxylic acids is 1. The first kappa shape index (κ1) is 8.70. The van der Waals surface area contributed by atoms with Gasteiger partial charge in [0.15, 0.2) is 5.78 Å². The molecule has 1 heterocycles. The second-order valence-corrected chi connectivity index (χ2v) is 3.03. The van der Waals surface area contributed by atoms with Crippen molar-refractivity contribution in [2.24, 2.45) is 0 Å². The highest BCUT2D eigenvalue weighted by Gasteiger charge is 2.05. The number of aryl methyl sites for hydroxylation is 1. The smallest absolute Gasteiger partial charge is 0.179 e. The van der Waals surface area contributed by atoms with Gasteiger partial charge in [0.25, 0.3) is 0 Å². The van der Waals surface area contributed by atoms with E-state index in [0.717, 1.165) is 10.2 Å². The van der Waals surface area contributed by atoms with Gasteiger partial charge in [0.2, 0.25) is 0 Å². The van der Waals surface area contributed by atoms with Gasteiger partial charge in [-0.05, 0) is 13.0 Å². The molecule has 0 aliphatic heterocycles. The Morgan fingerprint density at radius 1 is 1.82 bits per heavy atom. The van der Waals surface area contributed by atoms with Gasteiger partial charge in [-0.15, -0.1) is 0 Å². The molecule has 0 saturated carbocycles. The van der Waals surface area contributed by atoms with Crippen LogP contribution in [-0.2, 0) is 4.55 Å². The Morgan fingerprint density at radius 3 is 2.73 bits per heavy atom. The number of alkyl halides is 1. The number of halogens is 1. The Hall–Kier alpha value is -0.390. The predicted molar refractivity (Wildman–Crippen MR) is 51.0 cm³/mol. The number of aromatic nitrogens is 2. The normalized spacial score (nSPS) is 10.1.